The second-order valence-electron chi connectivity index (χ2n) is 5.70. The Bertz CT molecular complexity index is 662. The number of benzene rings is 2. The van der Waals surface area contributed by atoms with Gasteiger partial charge in [-0.1, -0.05) is 60.7 Å². The first kappa shape index (κ1) is 14.0. The van der Waals surface area contributed by atoms with E-state index in [4.69, 9.17) is 9.47 Å². The summed E-state index contributed by atoms with van der Waals surface area (Å²) in [5.74, 6) is 1.43. The lowest BCUT2D eigenvalue weighted by Gasteiger charge is -2.03. The summed E-state index contributed by atoms with van der Waals surface area (Å²) < 4.78 is 11.4. The van der Waals surface area contributed by atoms with Gasteiger partial charge in [0.05, 0.1) is 6.42 Å². The molecular formula is C19H18N2O2. The molecule has 2 aromatic carbocycles. The Kier molecular flexibility index (Phi) is 3.80. The Morgan fingerprint density at radius 2 is 1.13 bits per heavy atom. The minimum absolute atomic E-state index is 0.0816. The van der Waals surface area contributed by atoms with Crippen molar-refractivity contribution in [3.63, 3.8) is 0 Å². The van der Waals surface area contributed by atoms with Gasteiger partial charge in [0.1, 0.15) is 25.3 Å². The summed E-state index contributed by atoms with van der Waals surface area (Å²) in [5, 5.41) is 0. The van der Waals surface area contributed by atoms with E-state index in [2.05, 4.69) is 34.3 Å². The number of nitrogens with zero attached hydrogens (tertiary/aromatic N) is 2. The van der Waals surface area contributed by atoms with E-state index in [9.17, 15) is 0 Å². The third-order valence-corrected chi connectivity index (χ3v) is 4.09. The number of hydrogen-bond donors (Lipinski definition) is 0. The van der Waals surface area contributed by atoms with Crippen LogP contribution in [0.3, 0.4) is 0 Å². The normalized spacial score (nSPS) is 23.0. The maximum absolute atomic E-state index is 5.71. The molecule has 4 heteroatoms. The highest BCUT2D eigenvalue weighted by molar-refractivity contribution is 5.98. The Hall–Kier alpha value is -2.62. The lowest BCUT2D eigenvalue weighted by molar-refractivity contribution is 0.300. The quantitative estimate of drug-likeness (QED) is 0.864. The van der Waals surface area contributed by atoms with Gasteiger partial charge in [-0.2, -0.15) is 0 Å². The van der Waals surface area contributed by atoms with E-state index in [0.29, 0.717) is 31.4 Å². The Morgan fingerprint density at radius 3 is 1.57 bits per heavy atom. The van der Waals surface area contributed by atoms with E-state index in [0.717, 1.165) is 0 Å². The zero-order valence-corrected chi connectivity index (χ0v) is 12.8. The van der Waals surface area contributed by atoms with Crippen LogP contribution in [-0.2, 0) is 9.47 Å². The summed E-state index contributed by atoms with van der Waals surface area (Å²) in [4.78, 5) is 9.31. The molecule has 0 saturated carbocycles. The van der Waals surface area contributed by atoms with Crippen LogP contribution in [0.2, 0.25) is 0 Å². The lowest BCUT2D eigenvalue weighted by Crippen LogP contribution is -2.08. The third-order valence-electron chi connectivity index (χ3n) is 4.09. The zero-order chi connectivity index (χ0) is 15.5. The fourth-order valence-corrected chi connectivity index (χ4v) is 2.86. The van der Waals surface area contributed by atoms with Crippen molar-refractivity contribution in [1.82, 2.24) is 0 Å². The molecular weight excluding hydrogens is 288 g/mol. The van der Waals surface area contributed by atoms with Crippen molar-refractivity contribution in [2.24, 2.45) is 9.98 Å². The van der Waals surface area contributed by atoms with Crippen molar-refractivity contribution in [1.29, 1.82) is 0 Å². The minimum atomic E-state index is 0.0816. The average molecular weight is 306 g/mol. The predicted molar refractivity (Wildman–Crippen MR) is 89.8 cm³/mol. The molecule has 0 radical (unpaired) electrons. The average Bonchev–Trinajstić information content (AvgIpc) is 3.27. The molecule has 0 amide bonds. The first-order valence-corrected chi connectivity index (χ1v) is 7.87. The van der Waals surface area contributed by atoms with Crippen LogP contribution < -0.4 is 0 Å². The van der Waals surface area contributed by atoms with Crippen molar-refractivity contribution in [3.8, 4) is 0 Å². The smallest absolute Gasteiger partial charge is 0.193 e. The molecule has 0 unspecified atom stereocenters. The van der Waals surface area contributed by atoms with Crippen molar-refractivity contribution in [2.45, 2.75) is 18.5 Å². The van der Waals surface area contributed by atoms with Crippen LogP contribution in [0.5, 0.6) is 0 Å². The van der Waals surface area contributed by atoms with E-state index in [-0.39, 0.29) is 12.1 Å². The highest BCUT2D eigenvalue weighted by Gasteiger charge is 2.26. The third kappa shape index (κ3) is 3.11. The summed E-state index contributed by atoms with van der Waals surface area (Å²) >= 11 is 0. The molecule has 0 N–H and O–H groups in total. The fraction of sp³-hybridized carbons (Fsp3) is 0.263. The van der Waals surface area contributed by atoms with Gasteiger partial charge >= 0.3 is 0 Å². The summed E-state index contributed by atoms with van der Waals surface area (Å²) in [6, 6.07) is 20.6. The van der Waals surface area contributed by atoms with Gasteiger partial charge in [0, 0.05) is 0 Å². The zero-order valence-electron chi connectivity index (χ0n) is 12.8. The Labute approximate surface area is 135 Å². The van der Waals surface area contributed by atoms with Gasteiger partial charge < -0.3 is 9.47 Å². The second-order valence-corrected chi connectivity index (χ2v) is 5.70. The molecule has 0 saturated heterocycles. The van der Waals surface area contributed by atoms with Crippen LogP contribution in [0, 0.1) is 0 Å². The molecule has 0 fully saturated rings. The lowest BCUT2D eigenvalue weighted by atomic mass is 10.1. The topological polar surface area (TPSA) is 43.2 Å². The van der Waals surface area contributed by atoms with Crippen LogP contribution in [0.1, 0.15) is 29.6 Å². The standard InChI is InChI=1S/C19H18N2O2/c1-3-7-14(8-4-1)16-12-22-18(20-16)11-19-21-17(13-23-19)15-9-5-2-6-10-15/h1-10,16-17H,11-13H2/t16-,17+. The van der Waals surface area contributed by atoms with E-state index < -0.39 is 0 Å². The number of ether oxygens (including phenoxy) is 2. The maximum Gasteiger partial charge on any atom is 0.193 e. The molecule has 2 aliphatic heterocycles. The summed E-state index contributed by atoms with van der Waals surface area (Å²) in [5.41, 5.74) is 2.36. The predicted octanol–water partition coefficient (Wildman–Crippen LogP) is 3.72. The first-order valence-electron chi connectivity index (χ1n) is 7.87. The molecule has 0 bridgehead atoms. The van der Waals surface area contributed by atoms with Gasteiger partial charge in [0.25, 0.3) is 0 Å². The van der Waals surface area contributed by atoms with Gasteiger partial charge in [-0.05, 0) is 11.1 Å². The molecule has 0 aromatic heterocycles. The highest BCUT2D eigenvalue weighted by Crippen LogP contribution is 2.26. The van der Waals surface area contributed by atoms with Crippen LogP contribution in [0.25, 0.3) is 0 Å². The summed E-state index contributed by atoms with van der Waals surface area (Å²) in [6.45, 7) is 1.18. The van der Waals surface area contributed by atoms with Gasteiger partial charge in [0.2, 0.25) is 0 Å². The maximum atomic E-state index is 5.71. The van der Waals surface area contributed by atoms with E-state index in [1.165, 1.54) is 11.1 Å². The number of rotatable bonds is 4. The Balaban J connectivity index is 1.43. The van der Waals surface area contributed by atoms with Crippen LogP contribution in [-0.4, -0.2) is 25.0 Å². The molecule has 23 heavy (non-hydrogen) atoms. The van der Waals surface area contributed by atoms with Crippen LogP contribution in [0.4, 0.5) is 0 Å². The largest absolute Gasteiger partial charge is 0.478 e. The number of aliphatic imine (C=N–C) groups is 2. The molecule has 2 atom stereocenters. The molecule has 4 rings (SSSR count). The van der Waals surface area contributed by atoms with E-state index >= 15 is 0 Å². The van der Waals surface area contributed by atoms with Gasteiger partial charge in [-0.3, -0.25) is 0 Å². The van der Waals surface area contributed by atoms with Crippen LogP contribution >= 0.6 is 0 Å². The monoisotopic (exact) mass is 306 g/mol. The summed E-state index contributed by atoms with van der Waals surface area (Å²) in [6.07, 6.45) is 0.534. The molecule has 2 heterocycles. The van der Waals surface area contributed by atoms with Crippen molar-refractivity contribution >= 4 is 11.8 Å². The summed E-state index contributed by atoms with van der Waals surface area (Å²) in [7, 11) is 0. The molecule has 116 valence electrons. The van der Waals surface area contributed by atoms with E-state index in [1.54, 1.807) is 0 Å². The molecule has 2 aliphatic rings. The first-order chi connectivity index (χ1) is 11.4. The van der Waals surface area contributed by atoms with Gasteiger partial charge in [0.15, 0.2) is 11.8 Å². The fourth-order valence-electron chi connectivity index (χ4n) is 2.86. The molecule has 0 spiro atoms. The minimum Gasteiger partial charge on any atom is -0.478 e. The van der Waals surface area contributed by atoms with Crippen LogP contribution in [0.15, 0.2) is 70.6 Å². The molecule has 2 aromatic rings. The van der Waals surface area contributed by atoms with Crippen molar-refractivity contribution in [3.05, 3.63) is 71.8 Å². The number of hydrogen-bond acceptors (Lipinski definition) is 4. The molecule has 0 aliphatic carbocycles. The Morgan fingerprint density at radius 1 is 0.696 bits per heavy atom. The SMILES string of the molecule is c1ccc([C@@H]2COC(CC3=N[C@@H](c4ccccc4)CO3)=N2)cc1. The van der Waals surface area contributed by atoms with Crippen molar-refractivity contribution in [2.75, 3.05) is 13.2 Å². The molecule has 4 nitrogen and oxygen atoms in total. The van der Waals surface area contributed by atoms with Crippen molar-refractivity contribution < 1.29 is 9.47 Å². The highest BCUT2D eigenvalue weighted by atomic mass is 16.5. The van der Waals surface area contributed by atoms with Gasteiger partial charge in [-0.15, -0.1) is 0 Å². The van der Waals surface area contributed by atoms with Gasteiger partial charge in [-0.25, -0.2) is 9.98 Å². The van der Waals surface area contributed by atoms with E-state index in [1.807, 2.05) is 36.4 Å². The second kappa shape index (κ2) is 6.24.